The van der Waals surface area contributed by atoms with Crippen LogP contribution in [0.1, 0.15) is 59.8 Å². The van der Waals surface area contributed by atoms with Gasteiger partial charge in [-0.3, -0.25) is 9.59 Å². The number of unbranched alkanes of at least 4 members (excludes halogenated alkanes) is 2. The average Bonchev–Trinajstić information content (AvgIpc) is 2.27. The van der Waals surface area contributed by atoms with E-state index in [1.165, 1.54) is 0 Å². The van der Waals surface area contributed by atoms with Gasteiger partial charge in [-0.25, -0.2) is 0 Å². The van der Waals surface area contributed by atoms with Gasteiger partial charge in [-0.15, -0.1) is 0 Å². The minimum absolute atomic E-state index is 0.161. The molecule has 0 amide bonds. The van der Waals surface area contributed by atoms with Gasteiger partial charge in [0.25, 0.3) is 0 Å². The van der Waals surface area contributed by atoms with Crippen LogP contribution in [0.15, 0.2) is 0 Å². The molecule has 0 saturated heterocycles. The van der Waals surface area contributed by atoms with Crippen LogP contribution in [0.2, 0.25) is 0 Å². The lowest BCUT2D eigenvalue weighted by Crippen LogP contribution is -2.23. The molecule has 4 heteroatoms. The molecule has 0 aromatic heterocycles. The summed E-state index contributed by atoms with van der Waals surface area (Å²) in [5, 5.41) is 0. The van der Waals surface area contributed by atoms with E-state index in [1.54, 1.807) is 0 Å². The lowest BCUT2D eigenvalue weighted by molar-refractivity contribution is -0.153. The number of esters is 2. The quantitative estimate of drug-likeness (QED) is 0.496. The Morgan fingerprint density at radius 2 is 1.56 bits per heavy atom. The van der Waals surface area contributed by atoms with Crippen LogP contribution >= 0.6 is 0 Å². The van der Waals surface area contributed by atoms with Crippen molar-refractivity contribution < 1.29 is 19.1 Å². The minimum atomic E-state index is -0.475. The molecular weight excluding hydrogens is 232 g/mol. The summed E-state index contributed by atoms with van der Waals surface area (Å²) in [5.74, 6) is -0.387. The third kappa shape index (κ3) is 9.02. The first-order chi connectivity index (χ1) is 8.38. The van der Waals surface area contributed by atoms with Gasteiger partial charge in [0, 0.05) is 12.8 Å². The maximum Gasteiger partial charge on any atom is 0.311 e. The second kappa shape index (κ2) is 8.95. The molecular formula is C14H26O4. The topological polar surface area (TPSA) is 52.6 Å². The highest BCUT2D eigenvalue weighted by Gasteiger charge is 2.22. The summed E-state index contributed by atoms with van der Waals surface area (Å²) in [6, 6.07) is 0. The van der Waals surface area contributed by atoms with Gasteiger partial charge in [0.2, 0.25) is 0 Å². The zero-order valence-corrected chi connectivity index (χ0v) is 12.1. The van der Waals surface area contributed by atoms with E-state index in [1.807, 2.05) is 20.8 Å². The number of carbonyl (C=O) groups is 2. The number of hydrogen-bond acceptors (Lipinski definition) is 4. The molecule has 0 bridgehead atoms. The average molecular weight is 258 g/mol. The fraction of sp³-hybridized carbons (Fsp3) is 0.857. The van der Waals surface area contributed by atoms with Crippen molar-refractivity contribution in [2.24, 2.45) is 5.41 Å². The summed E-state index contributed by atoms with van der Waals surface area (Å²) in [5.41, 5.74) is -0.475. The first kappa shape index (κ1) is 16.9. The van der Waals surface area contributed by atoms with Crippen LogP contribution in [-0.2, 0) is 19.1 Å². The SMILES string of the molecule is CCCCCC(=O)OCCCOC(=O)C(C)(C)C. The Kier molecular flexibility index (Phi) is 8.42. The van der Waals surface area contributed by atoms with Crippen molar-refractivity contribution in [3.8, 4) is 0 Å². The van der Waals surface area contributed by atoms with Crippen LogP contribution in [0.5, 0.6) is 0 Å². The Bertz CT molecular complexity index is 253. The van der Waals surface area contributed by atoms with Crippen LogP contribution in [0.4, 0.5) is 0 Å². The van der Waals surface area contributed by atoms with E-state index in [2.05, 4.69) is 6.92 Å². The van der Waals surface area contributed by atoms with Crippen molar-refractivity contribution in [1.82, 2.24) is 0 Å². The molecule has 0 unspecified atom stereocenters. The molecule has 0 rings (SSSR count). The predicted octanol–water partition coefficient (Wildman–Crippen LogP) is 3.09. The van der Waals surface area contributed by atoms with Crippen LogP contribution in [0.3, 0.4) is 0 Å². The molecule has 0 aromatic rings. The molecule has 0 saturated carbocycles. The third-order valence-corrected chi connectivity index (χ3v) is 2.38. The molecule has 106 valence electrons. The van der Waals surface area contributed by atoms with Gasteiger partial charge in [-0.2, -0.15) is 0 Å². The van der Waals surface area contributed by atoms with Crippen molar-refractivity contribution in [3.63, 3.8) is 0 Å². The van der Waals surface area contributed by atoms with Crippen LogP contribution in [-0.4, -0.2) is 25.2 Å². The maximum atomic E-state index is 11.4. The second-order valence-corrected chi connectivity index (χ2v) is 5.42. The number of rotatable bonds is 8. The maximum absolute atomic E-state index is 11.4. The van der Waals surface area contributed by atoms with E-state index >= 15 is 0 Å². The normalized spacial score (nSPS) is 11.1. The van der Waals surface area contributed by atoms with E-state index in [0.29, 0.717) is 26.1 Å². The number of carbonyl (C=O) groups excluding carboxylic acids is 2. The molecule has 18 heavy (non-hydrogen) atoms. The first-order valence-corrected chi connectivity index (χ1v) is 6.70. The van der Waals surface area contributed by atoms with Gasteiger partial charge in [-0.1, -0.05) is 19.8 Å². The third-order valence-electron chi connectivity index (χ3n) is 2.38. The Morgan fingerprint density at radius 1 is 0.944 bits per heavy atom. The van der Waals surface area contributed by atoms with Crippen molar-refractivity contribution in [2.45, 2.75) is 59.8 Å². The minimum Gasteiger partial charge on any atom is -0.466 e. The summed E-state index contributed by atoms with van der Waals surface area (Å²) in [4.78, 5) is 22.7. The van der Waals surface area contributed by atoms with E-state index in [9.17, 15) is 9.59 Å². The molecule has 0 N–H and O–H groups in total. The zero-order valence-electron chi connectivity index (χ0n) is 12.1. The highest BCUT2D eigenvalue weighted by Crippen LogP contribution is 2.15. The number of hydrogen-bond donors (Lipinski definition) is 0. The predicted molar refractivity (Wildman–Crippen MR) is 70.1 cm³/mol. The van der Waals surface area contributed by atoms with Crippen LogP contribution < -0.4 is 0 Å². The summed E-state index contributed by atoms with van der Waals surface area (Å²) in [7, 11) is 0. The largest absolute Gasteiger partial charge is 0.466 e. The van der Waals surface area contributed by atoms with Gasteiger partial charge < -0.3 is 9.47 Å². The highest BCUT2D eigenvalue weighted by molar-refractivity contribution is 5.75. The molecule has 0 aliphatic heterocycles. The Balaban J connectivity index is 3.46. The van der Waals surface area contributed by atoms with Crippen molar-refractivity contribution in [3.05, 3.63) is 0 Å². The Labute approximate surface area is 110 Å². The van der Waals surface area contributed by atoms with Gasteiger partial charge >= 0.3 is 11.9 Å². The van der Waals surface area contributed by atoms with Crippen LogP contribution in [0.25, 0.3) is 0 Å². The van der Waals surface area contributed by atoms with Crippen LogP contribution in [0, 0.1) is 5.41 Å². The zero-order chi connectivity index (χ0) is 14.0. The van der Waals surface area contributed by atoms with Crippen molar-refractivity contribution in [2.75, 3.05) is 13.2 Å². The molecule has 0 aromatic carbocycles. The van der Waals surface area contributed by atoms with Gasteiger partial charge in [0.05, 0.1) is 18.6 Å². The van der Waals surface area contributed by atoms with Gasteiger partial charge in [-0.05, 0) is 27.2 Å². The van der Waals surface area contributed by atoms with E-state index < -0.39 is 5.41 Å². The summed E-state index contributed by atoms with van der Waals surface area (Å²) in [6.45, 7) is 8.14. The van der Waals surface area contributed by atoms with E-state index in [4.69, 9.17) is 9.47 Å². The first-order valence-electron chi connectivity index (χ1n) is 6.70. The lowest BCUT2D eigenvalue weighted by Gasteiger charge is -2.16. The monoisotopic (exact) mass is 258 g/mol. The highest BCUT2D eigenvalue weighted by atomic mass is 16.5. The smallest absolute Gasteiger partial charge is 0.311 e. The molecule has 0 radical (unpaired) electrons. The second-order valence-electron chi connectivity index (χ2n) is 5.42. The van der Waals surface area contributed by atoms with E-state index in [-0.39, 0.29) is 11.9 Å². The summed E-state index contributed by atoms with van der Waals surface area (Å²) < 4.78 is 10.1. The standard InChI is InChI=1S/C14H26O4/c1-5-6-7-9-12(15)17-10-8-11-18-13(16)14(2,3)4/h5-11H2,1-4H3. The van der Waals surface area contributed by atoms with Gasteiger partial charge in [0.15, 0.2) is 0 Å². The summed E-state index contributed by atoms with van der Waals surface area (Å²) >= 11 is 0. The molecule has 0 fully saturated rings. The van der Waals surface area contributed by atoms with E-state index in [0.717, 1.165) is 19.3 Å². The summed E-state index contributed by atoms with van der Waals surface area (Å²) in [6.07, 6.45) is 4.07. The van der Waals surface area contributed by atoms with Crippen molar-refractivity contribution in [1.29, 1.82) is 0 Å². The molecule has 0 atom stereocenters. The molecule has 4 nitrogen and oxygen atoms in total. The molecule has 0 aliphatic rings. The molecule has 0 spiro atoms. The Hall–Kier alpha value is -1.06. The fourth-order valence-electron chi connectivity index (χ4n) is 1.22. The molecule has 0 aliphatic carbocycles. The lowest BCUT2D eigenvalue weighted by atomic mass is 9.97. The Morgan fingerprint density at radius 3 is 2.11 bits per heavy atom. The fourth-order valence-corrected chi connectivity index (χ4v) is 1.22. The number of ether oxygens (including phenoxy) is 2. The van der Waals surface area contributed by atoms with Gasteiger partial charge in [0.1, 0.15) is 0 Å². The molecule has 0 heterocycles. The van der Waals surface area contributed by atoms with Crippen molar-refractivity contribution >= 4 is 11.9 Å².